The standard InChI is InChI=1S/C26H29N2O.C25H27N2O.C23H25N2O.C22H23N2O/c1-4-18-11-15-23(28(3)16-18)24-17(2)10-12-20-21-13-14-22(19-8-6-5-7-9-19)27-26(21)29-25(20)24;1-4-17-10-14-22(27(3)15-17)23-16(2)9-11-19-20-12-13-21(18-7-5-6-8-18)26-25(20)28-24(19)23;1-6-17-9-11-19-18-10-7-15(4)21(22(18)26-23(19)24-17)20-12-8-16(14(2)3)13-25(20)5;1-13(2)16-8-11-19(24(5)12-16)20-14(3)6-9-17-18-10-7-15(4)23-22(18)25-21(17)20/h10-16,19H,4-9H2,1-3H3;9-15,18H,4-8H2,1-3H3;7-14H,6H2,1-5H3;6-13H,1-5H3/q4*+1. The van der Waals surface area contributed by atoms with Crippen LogP contribution in [-0.2, 0) is 47.5 Å². The van der Waals surface area contributed by atoms with Crippen LogP contribution >= 0.6 is 0 Å². The van der Waals surface area contributed by atoms with Crippen molar-refractivity contribution in [1.82, 2.24) is 19.9 Å². The Morgan fingerprint density at radius 2 is 0.639 bits per heavy atom. The van der Waals surface area contributed by atoms with E-state index in [-0.39, 0.29) is 0 Å². The molecule has 108 heavy (non-hydrogen) atoms. The fraction of sp³-hybridized carbons (Fsp3) is 0.333. The fourth-order valence-electron chi connectivity index (χ4n) is 16.7. The number of fused-ring (bicyclic) bond motifs is 12. The molecule has 2 saturated carbocycles. The Morgan fingerprint density at radius 3 is 0.981 bits per heavy atom. The first-order valence-corrected chi connectivity index (χ1v) is 39.5. The molecule has 2 fully saturated rings. The predicted octanol–water partition coefficient (Wildman–Crippen LogP) is 23.1. The highest BCUT2D eigenvalue weighted by Gasteiger charge is 2.29. The Hall–Kier alpha value is -10.7. The number of hydrogen-bond acceptors (Lipinski definition) is 8. The van der Waals surface area contributed by atoms with Gasteiger partial charge < -0.3 is 17.7 Å². The molecule has 18 rings (SSSR count). The van der Waals surface area contributed by atoms with E-state index in [9.17, 15) is 0 Å². The zero-order valence-corrected chi connectivity index (χ0v) is 66.2. The van der Waals surface area contributed by atoms with Gasteiger partial charge >= 0.3 is 0 Å². The van der Waals surface area contributed by atoms with E-state index in [1.54, 1.807) is 0 Å². The first kappa shape index (κ1) is 72.8. The van der Waals surface area contributed by atoms with Gasteiger partial charge in [0.15, 0.2) is 47.1 Å². The Bertz CT molecular complexity index is 6090. The first-order valence-electron chi connectivity index (χ1n) is 39.5. The average molecular weight is 1430 g/mol. The highest BCUT2D eigenvalue weighted by molar-refractivity contribution is 6.12. The fourth-order valence-corrected chi connectivity index (χ4v) is 16.7. The van der Waals surface area contributed by atoms with Gasteiger partial charge in [-0.1, -0.05) is 129 Å². The number of furan rings is 4. The molecule has 548 valence electrons. The first-order chi connectivity index (χ1) is 52.2. The Labute approximate surface area is 635 Å². The molecule has 16 aromatic rings. The molecule has 0 radical (unpaired) electrons. The highest BCUT2D eigenvalue weighted by atomic mass is 16.4. The summed E-state index contributed by atoms with van der Waals surface area (Å²) in [4.78, 5) is 19.2. The smallest absolute Gasteiger partial charge is 0.227 e. The molecule has 0 N–H and O–H groups in total. The second-order valence-electron chi connectivity index (χ2n) is 31.3. The Morgan fingerprint density at radius 1 is 0.324 bits per heavy atom. The van der Waals surface area contributed by atoms with E-state index in [4.69, 9.17) is 27.6 Å². The van der Waals surface area contributed by atoms with Crippen LogP contribution in [0.3, 0.4) is 0 Å². The molecule has 4 aromatic carbocycles. The third-order valence-electron chi connectivity index (χ3n) is 23.1. The third kappa shape index (κ3) is 14.0. The maximum atomic E-state index is 6.44. The molecular formula is C96H104N8O4+4. The molecule has 0 bridgehead atoms. The summed E-state index contributed by atoms with van der Waals surface area (Å²) < 4.78 is 34.2. The number of nitrogens with zero attached hydrogens (tertiary/aromatic N) is 8. The van der Waals surface area contributed by atoms with Crippen LogP contribution in [-0.4, -0.2) is 19.9 Å². The van der Waals surface area contributed by atoms with E-state index >= 15 is 0 Å². The van der Waals surface area contributed by atoms with Crippen molar-refractivity contribution in [1.29, 1.82) is 0 Å². The van der Waals surface area contributed by atoms with Gasteiger partial charge in [0.1, 0.15) is 28.2 Å². The summed E-state index contributed by atoms with van der Waals surface area (Å²) in [5.41, 5.74) is 30.7. The summed E-state index contributed by atoms with van der Waals surface area (Å²) in [6.07, 6.45) is 23.5. The van der Waals surface area contributed by atoms with Crippen LogP contribution in [0.15, 0.2) is 188 Å². The molecule has 0 aliphatic heterocycles. The summed E-state index contributed by atoms with van der Waals surface area (Å²) in [6.45, 7) is 26.0. The lowest BCUT2D eigenvalue weighted by Crippen LogP contribution is -2.31. The van der Waals surface area contributed by atoms with Crippen molar-refractivity contribution in [2.45, 2.75) is 184 Å². The summed E-state index contributed by atoms with van der Waals surface area (Å²) in [5.74, 6) is 2.20. The van der Waals surface area contributed by atoms with Gasteiger partial charge in [-0.05, 0) is 186 Å². The van der Waals surface area contributed by atoms with E-state index in [1.807, 2.05) is 13.0 Å². The average Bonchev–Trinajstić information content (AvgIpc) is 1.61. The summed E-state index contributed by atoms with van der Waals surface area (Å²) in [5, 5.41) is 8.95. The van der Waals surface area contributed by atoms with E-state index in [1.165, 1.54) is 136 Å². The lowest BCUT2D eigenvalue weighted by atomic mass is 9.86. The minimum absolute atomic E-state index is 0.509. The summed E-state index contributed by atoms with van der Waals surface area (Å²) in [7, 11) is 8.45. The van der Waals surface area contributed by atoms with Crippen LogP contribution in [0.4, 0.5) is 0 Å². The normalized spacial score (nSPS) is 13.6. The second-order valence-corrected chi connectivity index (χ2v) is 31.3. The van der Waals surface area contributed by atoms with Gasteiger partial charge in [-0.2, -0.15) is 0 Å². The quantitative estimate of drug-likeness (QED) is 0.117. The number of benzene rings is 4. The number of pyridine rings is 8. The monoisotopic (exact) mass is 1430 g/mol. The molecule has 12 aromatic heterocycles. The SMILES string of the molecule is CCc1ccc(-c2c(C)ccc3c2oc2nc(C4CCCC4)ccc23)[n+](C)c1.CCc1ccc(-c2c(C)ccc3c2oc2nc(C4CCCCC4)ccc23)[n+](C)c1.CCc1ccc2c(n1)oc1c(-c3ccc(C(C)C)c[n+]3C)c(C)ccc12.Cc1ccc2c(n1)oc1c(-c3ccc(C(C)C)c[n+]3C)c(C)ccc12. The molecule has 12 nitrogen and oxygen atoms in total. The number of aromatic nitrogens is 8. The molecule has 12 heteroatoms. The van der Waals surface area contributed by atoms with Crippen molar-refractivity contribution in [3.8, 4) is 45.0 Å². The number of hydrogen-bond donors (Lipinski definition) is 0. The van der Waals surface area contributed by atoms with Crippen molar-refractivity contribution in [2.24, 2.45) is 28.2 Å². The van der Waals surface area contributed by atoms with Crippen molar-refractivity contribution >= 4 is 88.3 Å². The van der Waals surface area contributed by atoms with Gasteiger partial charge in [-0.3, -0.25) is 0 Å². The number of aryl methyl sites for hydroxylation is 12. The van der Waals surface area contributed by atoms with Crippen LogP contribution in [0, 0.1) is 34.6 Å². The third-order valence-corrected chi connectivity index (χ3v) is 23.1. The van der Waals surface area contributed by atoms with E-state index in [2.05, 4.69) is 297 Å². The molecule has 2 aliphatic rings. The van der Waals surface area contributed by atoms with Crippen molar-refractivity contribution < 1.29 is 35.9 Å². The van der Waals surface area contributed by atoms with Crippen LogP contribution < -0.4 is 18.3 Å². The number of rotatable bonds is 11. The zero-order chi connectivity index (χ0) is 75.3. The molecule has 12 heterocycles. The molecule has 0 spiro atoms. The predicted molar refractivity (Wildman–Crippen MR) is 440 cm³/mol. The van der Waals surface area contributed by atoms with Gasteiger partial charge in [0, 0.05) is 124 Å². The lowest BCUT2D eigenvalue weighted by molar-refractivity contribution is -0.661. The van der Waals surface area contributed by atoms with Crippen LogP contribution in [0.25, 0.3) is 133 Å². The van der Waals surface area contributed by atoms with Gasteiger partial charge in [0.25, 0.3) is 0 Å². The minimum atomic E-state index is 0.509. The van der Waals surface area contributed by atoms with Crippen LogP contribution in [0.5, 0.6) is 0 Å². The largest absolute Gasteiger partial charge is 0.437 e. The molecule has 0 amide bonds. The molecule has 0 saturated heterocycles. The van der Waals surface area contributed by atoms with Crippen molar-refractivity contribution in [3.05, 3.63) is 238 Å². The Kier molecular flexibility index (Phi) is 20.6. The molecule has 0 unspecified atom stereocenters. The van der Waals surface area contributed by atoms with Crippen molar-refractivity contribution in [3.63, 3.8) is 0 Å². The van der Waals surface area contributed by atoms with E-state index in [0.29, 0.717) is 29.4 Å². The topological polar surface area (TPSA) is 120 Å². The second kappa shape index (κ2) is 30.5. The van der Waals surface area contributed by atoms with Crippen LogP contribution in [0.2, 0.25) is 0 Å². The lowest BCUT2D eigenvalue weighted by Gasteiger charge is -2.20. The highest BCUT2D eigenvalue weighted by Crippen LogP contribution is 2.43. The van der Waals surface area contributed by atoms with Crippen LogP contribution in [0.1, 0.15) is 197 Å². The van der Waals surface area contributed by atoms with Crippen molar-refractivity contribution in [2.75, 3.05) is 0 Å². The van der Waals surface area contributed by atoms with Gasteiger partial charge in [-0.25, -0.2) is 38.2 Å². The van der Waals surface area contributed by atoms with Gasteiger partial charge in [-0.15, -0.1) is 0 Å². The van der Waals surface area contributed by atoms with Gasteiger partial charge in [0.05, 0.1) is 22.3 Å². The van der Waals surface area contributed by atoms with Gasteiger partial charge in [0.2, 0.25) is 45.6 Å². The molecule has 2 aliphatic carbocycles. The maximum Gasteiger partial charge on any atom is 0.227 e. The summed E-state index contributed by atoms with van der Waals surface area (Å²) >= 11 is 0. The maximum absolute atomic E-state index is 6.44. The minimum Gasteiger partial charge on any atom is -0.437 e. The zero-order valence-electron chi connectivity index (χ0n) is 66.2. The molecule has 0 atom stereocenters. The summed E-state index contributed by atoms with van der Waals surface area (Å²) in [6, 6.07) is 52.3. The van der Waals surface area contributed by atoms with E-state index in [0.717, 1.165) is 136 Å². The van der Waals surface area contributed by atoms with E-state index < -0.39 is 0 Å². The molecular weight excluding hydrogens is 1330 g/mol. The Balaban J connectivity index is 0.000000115.